The lowest BCUT2D eigenvalue weighted by molar-refractivity contribution is 1.28. The van der Waals surface area contributed by atoms with Crippen LogP contribution < -0.4 is 11.5 Å². The van der Waals surface area contributed by atoms with Crippen LogP contribution in [0.5, 0.6) is 0 Å². The van der Waals surface area contributed by atoms with Crippen LogP contribution in [0.2, 0.25) is 0 Å². The summed E-state index contributed by atoms with van der Waals surface area (Å²) in [5.74, 6) is 0. The van der Waals surface area contributed by atoms with E-state index in [2.05, 4.69) is 25.9 Å². The molecule has 4 N–H and O–H groups in total. The van der Waals surface area contributed by atoms with Crippen molar-refractivity contribution in [1.29, 1.82) is 0 Å². The van der Waals surface area contributed by atoms with Gasteiger partial charge in [0.25, 0.3) is 0 Å². The number of hydrogen-bond donors (Lipinski definition) is 2. The van der Waals surface area contributed by atoms with E-state index in [1.54, 1.807) is 12.4 Å². The summed E-state index contributed by atoms with van der Waals surface area (Å²) in [7, 11) is 0. The van der Waals surface area contributed by atoms with Crippen LogP contribution in [-0.2, 0) is 0 Å². The molecule has 2 aromatic carbocycles. The minimum absolute atomic E-state index is 0. The second kappa shape index (κ2) is 13.4. The minimum Gasteiger partial charge on any atom is -0.399 e. The minimum atomic E-state index is 0. The lowest BCUT2D eigenvalue weighted by atomic mass is 10.1. The third-order valence-electron chi connectivity index (χ3n) is 3.72. The second-order valence-corrected chi connectivity index (χ2v) is 6.62. The van der Waals surface area contributed by atoms with E-state index in [9.17, 15) is 0 Å². The molecule has 29 heavy (non-hydrogen) atoms. The third kappa shape index (κ3) is 8.81. The number of hydrogen-bond acceptors (Lipinski definition) is 4. The number of nitrogen functional groups attached to an aromatic ring is 2. The molecule has 0 bridgehead atoms. The van der Waals surface area contributed by atoms with Crippen LogP contribution >= 0.6 is 29.4 Å². The van der Waals surface area contributed by atoms with Crippen molar-refractivity contribution in [3.63, 3.8) is 0 Å². The molecule has 0 aliphatic heterocycles. The maximum atomic E-state index is 5.81. The topological polar surface area (TPSA) is 77.8 Å². The van der Waals surface area contributed by atoms with E-state index in [1.165, 1.54) is 0 Å². The predicted octanol–water partition coefficient (Wildman–Crippen LogP) is 5.86. The molecule has 0 radical (unpaired) electrons. The Morgan fingerprint density at radius 3 is 1.62 bits per heavy atom. The Morgan fingerprint density at radius 2 is 1.21 bits per heavy atom. The maximum Gasteiger partial charge on any atom is 0.106 e. The fourth-order valence-electron chi connectivity index (χ4n) is 2.18. The zero-order valence-corrected chi connectivity index (χ0v) is 18.8. The molecule has 2 heterocycles. The lowest BCUT2D eigenvalue weighted by Crippen LogP contribution is -1.90. The number of nitrogens with two attached hydrogens (primary N) is 2. The smallest absolute Gasteiger partial charge is 0.106 e. The first-order chi connectivity index (χ1) is 13.6. The zero-order valence-electron chi connectivity index (χ0n) is 16.2. The van der Waals surface area contributed by atoms with Gasteiger partial charge in [-0.15, -0.1) is 0 Å². The lowest BCUT2D eigenvalue weighted by Gasteiger charge is -2.02. The summed E-state index contributed by atoms with van der Waals surface area (Å²) >= 11 is 3.20. The Bertz CT molecular complexity index is 945. The van der Waals surface area contributed by atoms with E-state index in [4.69, 9.17) is 11.5 Å². The van der Waals surface area contributed by atoms with Crippen molar-refractivity contribution < 1.29 is 0 Å². The van der Waals surface area contributed by atoms with Gasteiger partial charge in [-0.1, -0.05) is 48.5 Å². The fourth-order valence-corrected chi connectivity index (χ4v) is 2.45. The van der Waals surface area contributed by atoms with Gasteiger partial charge in [0.05, 0.1) is 5.69 Å². The Kier molecular flexibility index (Phi) is 11.2. The molecule has 0 spiro atoms. The van der Waals surface area contributed by atoms with Crippen LogP contribution in [0.1, 0.15) is 5.56 Å². The van der Waals surface area contributed by atoms with Gasteiger partial charge in [-0.25, -0.2) is 4.98 Å². The fraction of sp³-hybridized carbons (Fsp3) is 0.0435. The maximum absolute atomic E-state index is 5.81. The average molecular weight is 469 g/mol. The Balaban J connectivity index is 0.000000228. The van der Waals surface area contributed by atoms with Gasteiger partial charge < -0.3 is 11.5 Å². The van der Waals surface area contributed by atoms with E-state index >= 15 is 0 Å². The molecular formula is C23H25BrN4S. The van der Waals surface area contributed by atoms with Crippen molar-refractivity contribution in [1.82, 2.24) is 9.97 Å². The molecule has 0 aliphatic carbocycles. The molecule has 0 amide bonds. The molecule has 6 heteroatoms. The highest BCUT2D eigenvalue weighted by atomic mass is 79.9. The molecule has 4 nitrogen and oxygen atoms in total. The van der Waals surface area contributed by atoms with Crippen molar-refractivity contribution in [2.24, 2.45) is 0 Å². The Morgan fingerprint density at radius 1 is 0.655 bits per heavy atom. The van der Waals surface area contributed by atoms with Crippen LogP contribution in [0.15, 0.2) is 102 Å². The number of benzene rings is 2. The standard InChI is InChI=1S/C11H10N2.C7H9N.C5H4BrN.H2S/c12-10-6-2-1-5-9(10)11-7-3-4-8-13-11;1-6-4-2-3-5-7(6)8;6-5-3-1-2-4-7-5;/h1-8H,12H2;2-5H,8H2,1H3;1-4H;1H2. The van der Waals surface area contributed by atoms with E-state index in [0.29, 0.717) is 0 Å². The van der Waals surface area contributed by atoms with Crippen molar-refractivity contribution in [2.45, 2.75) is 6.92 Å². The zero-order chi connectivity index (χ0) is 20.2. The van der Waals surface area contributed by atoms with E-state index < -0.39 is 0 Å². The highest BCUT2D eigenvalue weighted by Gasteiger charge is 2.00. The largest absolute Gasteiger partial charge is 0.399 e. The van der Waals surface area contributed by atoms with Gasteiger partial charge in [0.1, 0.15) is 4.60 Å². The number of pyridine rings is 2. The van der Waals surface area contributed by atoms with Gasteiger partial charge >= 0.3 is 0 Å². The van der Waals surface area contributed by atoms with Gasteiger partial charge in [-0.05, 0) is 64.8 Å². The van der Waals surface area contributed by atoms with E-state index in [0.717, 1.165) is 32.8 Å². The molecule has 0 fully saturated rings. The van der Waals surface area contributed by atoms with E-state index in [1.807, 2.05) is 91.9 Å². The summed E-state index contributed by atoms with van der Waals surface area (Å²) < 4.78 is 0.884. The molecule has 4 rings (SSSR count). The molecule has 0 unspecified atom stereocenters. The van der Waals surface area contributed by atoms with Crippen molar-refractivity contribution in [3.05, 3.63) is 107 Å². The second-order valence-electron chi connectivity index (χ2n) is 5.81. The quantitative estimate of drug-likeness (QED) is 0.270. The van der Waals surface area contributed by atoms with Gasteiger partial charge in [-0.2, -0.15) is 13.5 Å². The van der Waals surface area contributed by atoms with Crippen LogP contribution in [0.25, 0.3) is 11.3 Å². The van der Waals surface area contributed by atoms with Crippen LogP contribution in [0.4, 0.5) is 11.4 Å². The van der Waals surface area contributed by atoms with Crippen molar-refractivity contribution in [3.8, 4) is 11.3 Å². The van der Waals surface area contributed by atoms with Crippen LogP contribution in [0, 0.1) is 6.92 Å². The van der Waals surface area contributed by atoms with Crippen molar-refractivity contribution >= 4 is 40.8 Å². The summed E-state index contributed by atoms with van der Waals surface area (Å²) in [6, 6.07) is 27.0. The molecule has 0 atom stereocenters. The number of aromatic nitrogens is 2. The summed E-state index contributed by atoms with van der Waals surface area (Å²) in [4.78, 5) is 8.13. The SMILES string of the molecule is Brc1ccccn1.Cc1ccccc1N.Nc1ccccc1-c1ccccn1.S. The summed E-state index contributed by atoms with van der Waals surface area (Å²) in [6.07, 6.45) is 3.51. The number of para-hydroxylation sites is 2. The molecule has 0 aliphatic rings. The normalized spacial score (nSPS) is 9.03. The highest BCUT2D eigenvalue weighted by Crippen LogP contribution is 2.22. The van der Waals surface area contributed by atoms with Gasteiger partial charge in [0.15, 0.2) is 0 Å². The first kappa shape index (κ1) is 24.2. The van der Waals surface area contributed by atoms with Gasteiger partial charge in [0.2, 0.25) is 0 Å². The first-order valence-electron chi connectivity index (χ1n) is 8.71. The Labute approximate surface area is 187 Å². The number of aryl methyl sites for hydroxylation is 1. The molecule has 2 aromatic heterocycles. The number of anilines is 2. The van der Waals surface area contributed by atoms with E-state index in [-0.39, 0.29) is 13.5 Å². The summed E-state index contributed by atoms with van der Waals surface area (Å²) in [5.41, 5.74) is 16.0. The molecule has 0 saturated carbocycles. The average Bonchev–Trinajstić information content (AvgIpc) is 2.73. The predicted molar refractivity (Wildman–Crippen MR) is 132 cm³/mol. The third-order valence-corrected chi connectivity index (χ3v) is 4.19. The molecule has 150 valence electrons. The van der Waals surface area contributed by atoms with Gasteiger partial charge in [-0.3, -0.25) is 4.98 Å². The van der Waals surface area contributed by atoms with Crippen LogP contribution in [0.3, 0.4) is 0 Å². The number of rotatable bonds is 1. The van der Waals surface area contributed by atoms with Crippen molar-refractivity contribution in [2.75, 3.05) is 11.5 Å². The Hall–Kier alpha value is -2.83. The number of halogens is 1. The molecule has 4 aromatic rings. The number of nitrogens with zero attached hydrogens (tertiary/aromatic N) is 2. The first-order valence-corrected chi connectivity index (χ1v) is 9.50. The van der Waals surface area contributed by atoms with Crippen LogP contribution in [-0.4, -0.2) is 9.97 Å². The molecule has 0 saturated heterocycles. The summed E-state index contributed by atoms with van der Waals surface area (Å²) in [6.45, 7) is 2.00. The molecular weight excluding hydrogens is 444 g/mol. The summed E-state index contributed by atoms with van der Waals surface area (Å²) in [5, 5.41) is 0. The highest BCUT2D eigenvalue weighted by molar-refractivity contribution is 9.10. The van der Waals surface area contributed by atoms with Gasteiger partial charge in [0, 0.05) is 29.3 Å². The monoisotopic (exact) mass is 468 g/mol.